The minimum Gasteiger partial charge on any atom is -0.353 e. The monoisotopic (exact) mass is 290 g/mol. The zero-order chi connectivity index (χ0) is 15.1. The first-order valence-electron chi connectivity index (χ1n) is 8.17. The molecule has 0 amide bonds. The Balaban J connectivity index is 3.22. The molecule has 2 unspecified atom stereocenters. The highest BCUT2D eigenvalue weighted by molar-refractivity contribution is 4.42. The number of hydrogen-bond acceptors (Lipinski definition) is 4. The lowest BCUT2D eigenvalue weighted by Crippen LogP contribution is -2.16. The summed E-state index contributed by atoms with van der Waals surface area (Å²) >= 11 is 0. The van der Waals surface area contributed by atoms with E-state index in [1.807, 2.05) is 13.8 Å². The molecular formula is C16H34O4. The fourth-order valence-corrected chi connectivity index (χ4v) is 1.59. The highest BCUT2D eigenvalue weighted by atomic mass is 16.7. The summed E-state index contributed by atoms with van der Waals surface area (Å²) in [5, 5.41) is 0. The van der Waals surface area contributed by atoms with E-state index >= 15 is 0 Å². The molecular weight excluding hydrogens is 256 g/mol. The van der Waals surface area contributed by atoms with Crippen molar-refractivity contribution in [1.82, 2.24) is 0 Å². The van der Waals surface area contributed by atoms with Gasteiger partial charge in [-0.25, -0.2) is 0 Å². The second kappa shape index (κ2) is 15.2. The first-order chi connectivity index (χ1) is 9.70. The zero-order valence-corrected chi connectivity index (χ0v) is 13.9. The topological polar surface area (TPSA) is 36.9 Å². The van der Waals surface area contributed by atoms with Gasteiger partial charge in [0.25, 0.3) is 0 Å². The van der Waals surface area contributed by atoms with E-state index in [2.05, 4.69) is 13.8 Å². The quantitative estimate of drug-likeness (QED) is 0.336. The molecule has 0 rings (SSSR count). The van der Waals surface area contributed by atoms with Crippen molar-refractivity contribution >= 4 is 0 Å². The third kappa shape index (κ3) is 14.3. The van der Waals surface area contributed by atoms with E-state index in [0.717, 1.165) is 65.0 Å². The highest BCUT2D eigenvalue weighted by Gasteiger charge is 2.03. The molecule has 0 radical (unpaired) electrons. The van der Waals surface area contributed by atoms with Crippen LogP contribution in [0.25, 0.3) is 0 Å². The molecule has 0 aliphatic heterocycles. The Morgan fingerprint density at radius 2 is 0.850 bits per heavy atom. The van der Waals surface area contributed by atoms with Gasteiger partial charge in [-0.05, 0) is 39.5 Å². The van der Waals surface area contributed by atoms with Gasteiger partial charge in [0.1, 0.15) is 0 Å². The van der Waals surface area contributed by atoms with Crippen molar-refractivity contribution in [2.75, 3.05) is 26.4 Å². The number of ether oxygens (including phenoxy) is 4. The van der Waals surface area contributed by atoms with Gasteiger partial charge in [-0.15, -0.1) is 0 Å². The molecule has 0 fully saturated rings. The molecule has 2 atom stereocenters. The number of hydrogen-bond donors (Lipinski definition) is 0. The third-order valence-electron chi connectivity index (χ3n) is 2.94. The molecule has 4 heteroatoms. The Labute approximate surface area is 125 Å². The predicted molar refractivity (Wildman–Crippen MR) is 81.8 cm³/mol. The molecule has 0 aliphatic carbocycles. The maximum atomic E-state index is 5.57. The summed E-state index contributed by atoms with van der Waals surface area (Å²) < 4.78 is 22.1. The molecule has 0 N–H and O–H groups in total. The van der Waals surface area contributed by atoms with E-state index in [0.29, 0.717) is 0 Å². The average Bonchev–Trinajstić information content (AvgIpc) is 2.43. The molecule has 0 bridgehead atoms. The van der Waals surface area contributed by atoms with Crippen molar-refractivity contribution in [1.29, 1.82) is 0 Å². The fraction of sp³-hybridized carbons (Fsp3) is 1.00. The smallest absolute Gasteiger partial charge is 0.154 e. The number of unbranched alkanes of at least 4 members (excludes halogenated alkanes) is 3. The van der Waals surface area contributed by atoms with Crippen LogP contribution in [0.4, 0.5) is 0 Å². The van der Waals surface area contributed by atoms with Crippen molar-refractivity contribution in [2.24, 2.45) is 0 Å². The van der Waals surface area contributed by atoms with Crippen molar-refractivity contribution in [3.63, 3.8) is 0 Å². The Morgan fingerprint density at radius 1 is 0.550 bits per heavy atom. The largest absolute Gasteiger partial charge is 0.353 e. The Morgan fingerprint density at radius 3 is 1.15 bits per heavy atom. The van der Waals surface area contributed by atoms with Gasteiger partial charge in [-0.3, -0.25) is 0 Å². The van der Waals surface area contributed by atoms with E-state index in [1.54, 1.807) is 0 Å². The molecule has 0 saturated heterocycles. The van der Waals surface area contributed by atoms with E-state index in [-0.39, 0.29) is 12.6 Å². The van der Waals surface area contributed by atoms with Crippen LogP contribution in [0.5, 0.6) is 0 Å². The van der Waals surface area contributed by atoms with Gasteiger partial charge in [0.15, 0.2) is 12.6 Å². The molecule has 0 aliphatic rings. The lowest BCUT2D eigenvalue weighted by molar-refractivity contribution is -0.140. The standard InChI is InChI=1S/C16H34O4/c1-5-7-11-17-15(3)19-13-9-10-14-20-16(4)18-12-8-6-2/h15-16H,5-14H2,1-4H3. The Kier molecular flexibility index (Phi) is 15.1. The Hall–Kier alpha value is -0.160. The summed E-state index contributed by atoms with van der Waals surface area (Å²) in [7, 11) is 0. The number of rotatable bonds is 15. The van der Waals surface area contributed by atoms with Gasteiger partial charge < -0.3 is 18.9 Å². The average molecular weight is 290 g/mol. The molecule has 0 saturated carbocycles. The highest BCUT2D eigenvalue weighted by Crippen LogP contribution is 2.02. The van der Waals surface area contributed by atoms with Crippen LogP contribution in [-0.2, 0) is 18.9 Å². The third-order valence-corrected chi connectivity index (χ3v) is 2.94. The van der Waals surface area contributed by atoms with Crippen LogP contribution in [0.3, 0.4) is 0 Å². The zero-order valence-electron chi connectivity index (χ0n) is 13.9. The molecule has 0 aromatic heterocycles. The molecule has 0 aromatic rings. The van der Waals surface area contributed by atoms with Crippen LogP contribution in [0.15, 0.2) is 0 Å². The van der Waals surface area contributed by atoms with Crippen molar-refractivity contribution in [3.8, 4) is 0 Å². The maximum absolute atomic E-state index is 5.57. The van der Waals surface area contributed by atoms with Crippen LogP contribution >= 0.6 is 0 Å². The van der Waals surface area contributed by atoms with E-state index in [4.69, 9.17) is 18.9 Å². The lowest BCUT2D eigenvalue weighted by atomic mass is 10.3. The molecule has 20 heavy (non-hydrogen) atoms. The van der Waals surface area contributed by atoms with Gasteiger partial charge >= 0.3 is 0 Å². The first kappa shape index (κ1) is 19.8. The van der Waals surface area contributed by atoms with Crippen molar-refractivity contribution in [2.45, 2.75) is 78.8 Å². The van der Waals surface area contributed by atoms with Crippen molar-refractivity contribution < 1.29 is 18.9 Å². The summed E-state index contributed by atoms with van der Waals surface area (Å²) in [5.41, 5.74) is 0. The SMILES string of the molecule is CCCCOC(C)OCCCCOC(C)OCCCC. The van der Waals surface area contributed by atoms with Gasteiger partial charge in [-0.1, -0.05) is 26.7 Å². The van der Waals surface area contributed by atoms with E-state index in [9.17, 15) is 0 Å². The normalized spacial score (nSPS) is 14.4. The molecule has 0 spiro atoms. The van der Waals surface area contributed by atoms with Gasteiger partial charge in [-0.2, -0.15) is 0 Å². The van der Waals surface area contributed by atoms with Crippen LogP contribution in [0.2, 0.25) is 0 Å². The minimum atomic E-state index is -0.0984. The van der Waals surface area contributed by atoms with Crippen LogP contribution in [-0.4, -0.2) is 39.0 Å². The minimum absolute atomic E-state index is 0.0984. The van der Waals surface area contributed by atoms with E-state index < -0.39 is 0 Å². The van der Waals surface area contributed by atoms with Crippen molar-refractivity contribution in [3.05, 3.63) is 0 Å². The summed E-state index contributed by atoms with van der Waals surface area (Å²) in [6, 6.07) is 0. The second-order valence-corrected chi connectivity index (χ2v) is 5.03. The summed E-state index contributed by atoms with van der Waals surface area (Å²) in [4.78, 5) is 0. The fourth-order valence-electron chi connectivity index (χ4n) is 1.59. The molecule has 0 heterocycles. The van der Waals surface area contributed by atoms with Crippen LogP contribution in [0.1, 0.15) is 66.2 Å². The summed E-state index contributed by atoms with van der Waals surface area (Å²) in [6.07, 6.45) is 6.28. The van der Waals surface area contributed by atoms with Gasteiger partial charge in [0, 0.05) is 26.4 Å². The molecule has 122 valence electrons. The van der Waals surface area contributed by atoms with Gasteiger partial charge in [0.05, 0.1) is 0 Å². The van der Waals surface area contributed by atoms with Crippen LogP contribution in [0, 0.1) is 0 Å². The van der Waals surface area contributed by atoms with Crippen LogP contribution < -0.4 is 0 Å². The first-order valence-corrected chi connectivity index (χ1v) is 8.17. The maximum Gasteiger partial charge on any atom is 0.154 e. The molecule has 4 nitrogen and oxygen atoms in total. The van der Waals surface area contributed by atoms with E-state index in [1.165, 1.54) is 0 Å². The Bertz CT molecular complexity index is 167. The lowest BCUT2D eigenvalue weighted by Gasteiger charge is -2.15. The van der Waals surface area contributed by atoms with Gasteiger partial charge in [0.2, 0.25) is 0 Å². The second-order valence-electron chi connectivity index (χ2n) is 5.03. The predicted octanol–water partition coefficient (Wildman–Crippen LogP) is 4.13. The summed E-state index contributed by atoms with van der Waals surface area (Å²) in [6.45, 7) is 11.2. The summed E-state index contributed by atoms with van der Waals surface area (Å²) in [5.74, 6) is 0. The molecule has 0 aromatic carbocycles.